The number of anilines is 1. The van der Waals surface area contributed by atoms with E-state index in [1.54, 1.807) is 6.20 Å². The maximum Gasteiger partial charge on any atom is 0.146 e. The van der Waals surface area contributed by atoms with Crippen LogP contribution in [0.1, 0.15) is 0 Å². The summed E-state index contributed by atoms with van der Waals surface area (Å²) < 4.78 is 11.8. The van der Waals surface area contributed by atoms with Crippen molar-refractivity contribution in [2.75, 3.05) is 18.9 Å². The van der Waals surface area contributed by atoms with Crippen molar-refractivity contribution in [3.8, 4) is 5.75 Å². The predicted octanol–water partition coefficient (Wildman–Crippen LogP) is 2.36. The molecule has 0 spiro atoms. The predicted molar refractivity (Wildman–Crippen MR) is 69.1 cm³/mol. The number of fused-ring (bicyclic) bond motifs is 1. The van der Waals surface area contributed by atoms with Crippen molar-refractivity contribution in [2.45, 2.75) is 6.10 Å². The second kappa shape index (κ2) is 4.16. The summed E-state index contributed by atoms with van der Waals surface area (Å²) in [6.45, 7) is 1.28. The van der Waals surface area contributed by atoms with Crippen molar-refractivity contribution >= 4 is 32.5 Å². The van der Waals surface area contributed by atoms with Crippen molar-refractivity contribution in [3.63, 3.8) is 0 Å². The molecule has 17 heavy (non-hydrogen) atoms. The van der Waals surface area contributed by atoms with Gasteiger partial charge in [-0.2, -0.15) is 0 Å². The zero-order chi connectivity index (χ0) is 11.8. The van der Waals surface area contributed by atoms with E-state index < -0.39 is 0 Å². The summed E-state index contributed by atoms with van der Waals surface area (Å²) in [6.07, 6.45) is 1.87. The fourth-order valence-electron chi connectivity index (χ4n) is 1.75. The Morgan fingerprint density at radius 2 is 2.24 bits per heavy atom. The van der Waals surface area contributed by atoms with Gasteiger partial charge in [0.15, 0.2) is 0 Å². The molecule has 0 amide bonds. The number of hydrogen-bond donors (Lipinski definition) is 1. The minimum absolute atomic E-state index is 0.132. The highest BCUT2D eigenvalue weighted by Crippen LogP contribution is 2.31. The van der Waals surface area contributed by atoms with Crippen molar-refractivity contribution in [1.82, 2.24) is 4.98 Å². The smallest absolute Gasteiger partial charge is 0.146 e. The highest BCUT2D eigenvalue weighted by atomic mass is 79.9. The van der Waals surface area contributed by atoms with Crippen LogP contribution in [-0.4, -0.2) is 24.3 Å². The molecule has 2 N–H and O–H groups in total. The van der Waals surface area contributed by atoms with Crippen LogP contribution >= 0.6 is 15.9 Å². The first-order valence-electron chi connectivity index (χ1n) is 5.32. The molecule has 0 radical (unpaired) electrons. The average molecular weight is 295 g/mol. The van der Waals surface area contributed by atoms with Crippen LogP contribution in [0.15, 0.2) is 28.9 Å². The summed E-state index contributed by atoms with van der Waals surface area (Å²) >= 11 is 3.39. The number of pyridine rings is 1. The second-order valence-corrected chi connectivity index (χ2v) is 4.90. The molecule has 2 aromatic rings. The Morgan fingerprint density at radius 3 is 2.94 bits per heavy atom. The normalized spacial score (nSPS) is 15.8. The van der Waals surface area contributed by atoms with E-state index in [2.05, 4.69) is 20.9 Å². The Morgan fingerprint density at radius 1 is 1.41 bits per heavy atom. The van der Waals surface area contributed by atoms with Crippen molar-refractivity contribution in [2.24, 2.45) is 0 Å². The van der Waals surface area contributed by atoms with Crippen LogP contribution in [0, 0.1) is 0 Å². The minimum Gasteiger partial charge on any atom is -0.483 e. The number of ether oxygens (including phenoxy) is 2. The van der Waals surface area contributed by atoms with Gasteiger partial charge in [0.2, 0.25) is 0 Å². The fraction of sp³-hybridized carbons (Fsp3) is 0.250. The van der Waals surface area contributed by atoms with Gasteiger partial charge in [-0.1, -0.05) is 0 Å². The van der Waals surface area contributed by atoms with Gasteiger partial charge in [-0.3, -0.25) is 4.98 Å². The molecule has 0 saturated carbocycles. The topological polar surface area (TPSA) is 57.4 Å². The SMILES string of the molecule is Nc1ccc(OC2COC2)c2ncc(Br)cc12. The number of hydrogen-bond acceptors (Lipinski definition) is 4. The third-order valence-corrected chi connectivity index (χ3v) is 3.15. The Kier molecular flexibility index (Phi) is 2.64. The summed E-state index contributed by atoms with van der Waals surface area (Å²) in [7, 11) is 0. The summed E-state index contributed by atoms with van der Waals surface area (Å²) in [5.41, 5.74) is 7.42. The second-order valence-electron chi connectivity index (χ2n) is 3.98. The third-order valence-electron chi connectivity index (χ3n) is 2.71. The van der Waals surface area contributed by atoms with Gasteiger partial charge in [-0.15, -0.1) is 0 Å². The first-order chi connectivity index (χ1) is 8.24. The van der Waals surface area contributed by atoms with Gasteiger partial charge in [-0.25, -0.2) is 0 Å². The Labute approximate surface area is 107 Å². The van der Waals surface area contributed by atoms with Crippen LogP contribution in [0.3, 0.4) is 0 Å². The van der Waals surface area contributed by atoms with Crippen LogP contribution in [0.2, 0.25) is 0 Å². The molecule has 1 aromatic heterocycles. The number of nitrogen functional groups attached to an aromatic ring is 1. The number of aromatic nitrogens is 1. The largest absolute Gasteiger partial charge is 0.483 e. The molecular formula is C12H11BrN2O2. The highest BCUT2D eigenvalue weighted by molar-refractivity contribution is 9.10. The quantitative estimate of drug-likeness (QED) is 0.864. The van der Waals surface area contributed by atoms with Gasteiger partial charge >= 0.3 is 0 Å². The van der Waals surface area contributed by atoms with Crippen molar-refractivity contribution < 1.29 is 9.47 Å². The lowest BCUT2D eigenvalue weighted by Crippen LogP contribution is -2.38. The van der Waals surface area contributed by atoms with Crippen LogP contribution in [0.4, 0.5) is 5.69 Å². The van der Waals surface area contributed by atoms with Crippen LogP contribution in [-0.2, 0) is 4.74 Å². The van der Waals surface area contributed by atoms with Crippen molar-refractivity contribution in [3.05, 3.63) is 28.9 Å². The van der Waals surface area contributed by atoms with Crippen LogP contribution in [0.5, 0.6) is 5.75 Å². The molecule has 1 aliphatic heterocycles. The molecule has 5 heteroatoms. The maximum atomic E-state index is 5.93. The lowest BCUT2D eigenvalue weighted by molar-refractivity contribution is -0.0791. The number of nitrogens with zero attached hydrogens (tertiary/aromatic N) is 1. The average Bonchev–Trinajstić information content (AvgIpc) is 2.26. The van der Waals surface area contributed by atoms with Crippen molar-refractivity contribution in [1.29, 1.82) is 0 Å². The van der Waals surface area contributed by atoms with E-state index in [9.17, 15) is 0 Å². The third kappa shape index (κ3) is 1.96. The zero-order valence-corrected chi connectivity index (χ0v) is 10.6. The molecule has 0 atom stereocenters. The Bertz CT molecular complexity index is 570. The highest BCUT2D eigenvalue weighted by Gasteiger charge is 2.21. The molecule has 1 saturated heterocycles. The van der Waals surface area contributed by atoms with E-state index in [4.69, 9.17) is 15.2 Å². The molecule has 1 fully saturated rings. The van der Waals surface area contributed by atoms with E-state index in [0.29, 0.717) is 18.9 Å². The summed E-state index contributed by atoms with van der Waals surface area (Å²) in [5, 5.41) is 0.900. The number of rotatable bonds is 2. The molecule has 3 rings (SSSR count). The summed E-state index contributed by atoms with van der Waals surface area (Å²) in [4.78, 5) is 4.36. The van der Waals surface area contributed by atoms with E-state index in [0.717, 1.165) is 21.1 Å². The van der Waals surface area contributed by atoms with Gasteiger partial charge in [0.05, 0.1) is 13.2 Å². The Hall–Kier alpha value is -1.33. The van der Waals surface area contributed by atoms with E-state index in [1.165, 1.54) is 0 Å². The first kappa shape index (κ1) is 10.8. The van der Waals surface area contributed by atoms with E-state index in [-0.39, 0.29) is 6.10 Å². The molecule has 0 bridgehead atoms. The molecule has 0 aliphatic carbocycles. The standard InChI is InChI=1S/C12H11BrN2O2/c13-7-3-9-10(14)1-2-11(12(9)15-4-7)17-8-5-16-6-8/h1-4,8H,5-6,14H2. The van der Waals surface area contributed by atoms with Crippen LogP contribution in [0.25, 0.3) is 10.9 Å². The fourth-order valence-corrected chi connectivity index (χ4v) is 2.08. The molecule has 0 unspecified atom stereocenters. The summed E-state index contributed by atoms with van der Waals surface area (Å²) in [6, 6.07) is 5.64. The van der Waals surface area contributed by atoms with E-state index in [1.807, 2.05) is 18.2 Å². The first-order valence-corrected chi connectivity index (χ1v) is 6.11. The van der Waals surface area contributed by atoms with Crippen LogP contribution < -0.4 is 10.5 Å². The molecular weight excluding hydrogens is 284 g/mol. The number of benzene rings is 1. The van der Waals surface area contributed by atoms with Gasteiger partial charge in [0.25, 0.3) is 0 Å². The molecule has 1 aliphatic rings. The lowest BCUT2D eigenvalue weighted by Gasteiger charge is -2.27. The zero-order valence-electron chi connectivity index (χ0n) is 9.02. The van der Waals surface area contributed by atoms with Gasteiger partial charge in [0.1, 0.15) is 17.4 Å². The monoisotopic (exact) mass is 294 g/mol. The number of halogens is 1. The van der Waals surface area contributed by atoms with Gasteiger partial charge in [-0.05, 0) is 34.1 Å². The Balaban J connectivity index is 2.08. The molecule has 88 valence electrons. The maximum absolute atomic E-state index is 5.93. The summed E-state index contributed by atoms with van der Waals surface area (Å²) in [5.74, 6) is 0.759. The van der Waals surface area contributed by atoms with Gasteiger partial charge < -0.3 is 15.2 Å². The van der Waals surface area contributed by atoms with E-state index >= 15 is 0 Å². The van der Waals surface area contributed by atoms with Gasteiger partial charge in [0, 0.05) is 21.7 Å². The number of nitrogens with two attached hydrogens (primary N) is 1. The lowest BCUT2D eigenvalue weighted by atomic mass is 10.1. The minimum atomic E-state index is 0.132. The molecule has 2 heterocycles. The molecule has 1 aromatic carbocycles. The molecule has 4 nitrogen and oxygen atoms in total.